The van der Waals surface area contributed by atoms with Crippen molar-refractivity contribution in [1.82, 2.24) is 14.8 Å². The molecule has 0 aliphatic heterocycles. The standard InChI is InChI=1S/C21H16F2N4O4S2/c1-15-14-21(26(25-15)20-4-2-3-13-24-20)27(32(28,29)18-9-5-16(22)6-10-18)33(30,31)19-11-7-17(23)8-12-19/h2-14H,1H3. The third-order valence-corrected chi connectivity index (χ3v) is 8.69. The molecule has 0 amide bonds. The van der Waals surface area contributed by atoms with Crippen molar-refractivity contribution >= 4 is 25.9 Å². The Labute approximate surface area is 188 Å². The summed E-state index contributed by atoms with van der Waals surface area (Å²) in [5.74, 6) is -1.58. The molecular formula is C21H16F2N4O4S2. The first-order valence-electron chi connectivity index (χ1n) is 9.40. The number of pyridine rings is 1. The smallest absolute Gasteiger partial charge is 0.237 e. The molecule has 0 spiro atoms. The molecule has 0 unspecified atom stereocenters. The van der Waals surface area contributed by atoms with Crippen molar-refractivity contribution in [2.24, 2.45) is 0 Å². The lowest BCUT2D eigenvalue weighted by Crippen LogP contribution is -2.38. The van der Waals surface area contributed by atoms with Crippen LogP contribution < -0.4 is 3.71 Å². The summed E-state index contributed by atoms with van der Waals surface area (Å²) in [5.41, 5.74) is 0.310. The molecule has 4 aromatic rings. The molecule has 0 bridgehead atoms. The lowest BCUT2D eigenvalue weighted by Gasteiger charge is -2.24. The van der Waals surface area contributed by atoms with Crippen molar-refractivity contribution in [1.29, 1.82) is 0 Å². The van der Waals surface area contributed by atoms with Gasteiger partial charge in [0.05, 0.1) is 15.5 Å². The number of rotatable bonds is 6. The van der Waals surface area contributed by atoms with Crippen LogP contribution in [0, 0.1) is 18.6 Å². The highest BCUT2D eigenvalue weighted by Crippen LogP contribution is 2.32. The Hall–Kier alpha value is -3.64. The van der Waals surface area contributed by atoms with Crippen LogP contribution >= 0.6 is 0 Å². The van der Waals surface area contributed by atoms with Crippen LogP contribution in [0.3, 0.4) is 0 Å². The van der Waals surface area contributed by atoms with Crippen LogP contribution in [-0.4, -0.2) is 31.6 Å². The number of hydrogen-bond donors (Lipinski definition) is 0. The van der Waals surface area contributed by atoms with E-state index in [0.29, 0.717) is 5.69 Å². The Balaban J connectivity index is 2.01. The summed E-state index contributed by atoms with van der Waals surface area (Å²) in [5, 5.41) is 4.21. The highest BCUT2D eigenvalue weighted by molar-refractivity contribution is 8.10. The van der Waals surface area contributed by atoms with Crippen molar-refractivity contribution in [2.45, 2.75) is 16.7 Å². The zero-order chi connectivity index (χ0) is 23.8. The maximum atomic E-state index is 13.6. The second kappa shape index (κ2) is 8.37. The van der Waals surface area contributed by atoms with Gasteiger partial charge in [0, 0.05) is 12.3 Å². The van der Waals surface area contributed by atoms with E-state index in [1.54, 1.807) is 19.1 Å². The summed E-state index contributed by atoms with van der Waals surface area (Å²) in [6.45, 7) is 1.55. The van der Waals surface area contributed by atoms with E-state index in [-0.39, 0.29) is 15.3 Å². The van der Waals surface area contributed by atoms with Gasteiger partial charge in [-0.25, -0.2) is 13.8 Å². The molecule has 0 aliphatic rings. The molecule has 0 radical (unpaired) electrons. The van der Waals surface area contributed by atoms with Gasteiger partial charge in [-0.2, -0.15) is 26.6 Å². The Morgan fingerprint density at radius 3 is 1.76 bits per heavy atom. The van der Waals surface area contributed by atoms with Gasteiger partial charge < -0.3 is 0 Å². The van der Waals surface area contributed by atoms with Gasteiger partial charge >= 0.3 is 0 Å². The largest absolute Gasteiger partial charge is 0.279 e. The predicted octanol–water partition coefficient (Wildman–Crippen LogP) is 3.44. The molecule has 170 valence electrons. The fraction of sp³-hybridized carbons (Fsp3) is 0.0476. The van der Waals surface area contributed by atoms with Gasteiger partial charge in [-0.15, -0.1) is 3.71 Å². The van der Waals surface area contributed by atoms with Crippen LogP contribution in [-0.2, 0) is 20.0 Å². The summed E-state index contributed by atoms with van der Waals surface area (Å²) in [4.78, 5) is 3.18. The third-order valence-electron chi connectivity index (χ3n) is 4.53. The van der Waals surface area contributed by atoms with Crippen LogP contribution in [0.15, 0.2) is 88.8 Å². The van der Waals surface area contributed by atoms with E-state index in [2.05, 4.69) is 10.1 Å². The molecule has 2 aromatic heterocycles. The summed E-state index contributed by atoms with van der Waals surface area (Å²) in [7, 11) is -9.62. The number of aromatic nitrogens is 3. The zero-order valence-corrected chi connectivity index (χ0v) is 18.6. The van der Waals surface area contributed by atoms with E-state index in [1.807, 2.05) is 0 Å². The van der Waals surface area contributed by atoms with Crippen molar-refractivity contribution in [3.8, 4) is 5.82 Å². The average molecular weight is 491 g/mol. The first-order chi connectivity index (χ1) is 15.6. The Morgan fingerprint density at radius 2 is 1.30 bits per heavy atom. The Bertz CT molecular complexity index is 1430. The number of halogens is 2. The second-order valence-electron chi connectivity index (χ2n) is 6.86. The fourth-order valence-corrected chi connectivity index (χ4v) is 6.69. The first kappa shape index (κ1) is 22.6. The van der Waals surface area contributed by atoms with E-state index >= 15 is 0 Å². The lowest BCUT2D eigenvalue weighted by atomic mass is 10.4. The molecule has 12 heteroatoms. The van der Waals surface area contributed by atoms with E-state index in [0.717, 1.165) is 53.2 Å². The molecule has 2 aromatic carbocycles. The monoisotopic (exact) mass is 490 g/mol. The lowest BCUT2D eigenvalue weighted by molar-refractivity contribution is 0.582. The van der Waals surface area contributed by atoms with Crippen molar-refractivity contribution in [2.75, 3.05) is 3.71 Å². The minimum atomic E-state index is -4.81. The van der Waals surface area contributed by atoms with Gasteiger partial charge in [0.25, 0.3) is 20.0 Å². The zero-order valence-electron chi connectivity index (χ0n) is 17.0. The van der Waals surface area contributed by atoms with Crippen LogP contribution in [0.5, 0.6) is 0 Å². The quantitative estimate of drug-likeness (QED) is 0.410. The topological polar surface area (TPSA) is 102 Å². The molecule has 33 heavy (non-hydrogen) atoms. The highest BCUT2D eigenvalue weighted by Gasteiger charge is 2.39. The maximum Gasteiger partial charge on any atom is 0.279 e. The second-order valence-corrected chi connectivity index (χ2v) is 10.7. The molecule has 2 heterocycles. The SMILES string of the molecule is Cc1cc(N(S(=O)(=O)c2ccc(F)cc2)S(=O)(=O)c2ccc(F)cc2)n(-c2ccccn2)n1. The number of aryl methyl sites for hydroxylation is 1. The van der Waals surface area contributed by atoms with Gasteiger partial charge in [-0.1, -0.05) is 6.07 Å². The molecule has 0 atom stereocenters. The number of anilines is 1. The number of hydrogen-bond acceptors (Lipinski definition) is 6. The average Bonchev–Trinajstić information content (AvgIpc) is 3.15. The summed E-state index contributed by atoms with van der Waals surface area (Å²) < 4.78 is 82.6. The van der Waals surface area contributed by atoms with Crippen LogP contribution in [0.1, 0.15) is 5.69 Å². The van der Waals surface area contributed by atoms with E-state index < -0.39 is 41.5 Å². The van der Waals surface area contributed by atoms with Gasteiger partial charge in [-0.3, -0.25) is 0 Å². The number of nitrogens with zero attached hydrogens (tertiary/aromatic N) is 4. The maximum absolute atomic E-state index is 13.6. The Kier molecular flexibility index (Phi) is 5.72. The molecule has 0 saturated heterocycles. The van der Waals surface area contributed by atoms with Crippen molar-refractivity contribution in [3.63, 3.8) is 0 Å². The van der Waals surface area contributed by atoms with Crippen molar-refractivity contribution in [3.05, 3.63) is 96.3 Å². The third kappa shape index (κ3) is 4.22. The minimum absolute atomic E-state index is 0.161. The molecular weight excluding hydrogens is 474 g/mol. The molecule has 0 N–H and O–H groups in total. The van der Waals surface area contributed by atoms with Gasteiger partial charge in [0.1, 0.15) is 11.6 Å². The van der Waals surface area contributed by atoms with Gasteiger partial charge in [0.15, 0.2) is 11.6 Å². The van der Waals surface area contributed by atoms with Crippen molar-refractivity contribution < 1.29 is 25.6 Å². The molecule has 0 fully saturated rings. The summed E-state index contributed by atoms with van der Waals surface area (Å²) in [6, 6.07) is 13.4. The fourth-order valence-electron chi connectivity index (χ4n) is 3.04. The molecule has 4 rings (SSSR count). The predicted molar refractivity (Wildman–Crippen MR) is 116 cm³/mol. The van der Waals surface area contributed by atoms with Crippen LogP contribution in [0.25, 0.3) is 5.82 Å². The molecule has 0 aliphatic carbocycles. The van der Waals surface area contributed by atoms with E-state index in [4.69, 9.17) is 0 Å². The minimum Gasteiger partial charge on any atom is -0.237 e. The first-order valence-corrected chi connectivity index (χ1v) is 12.3. The van der Waals surface area contributed by atoms with Crippen LogP contribution in [0.4, 0.5) is 14.6 Å². The number of benzene rings is 2. The van der Waals surface area contributed by atoms with Gasteiger partial charge in [-0.05, 0) is 67.6 Å². The molecule has 8 nitrogen and oxygen atoms in total. The van der Waals surface area contributed by atoms with E-state index in [9.17, 15) is 25.6 Å². The van der Waals surface area contributed by atoms with Crippen LogP contribution in [0.2, 0.25) is 0 Å². The highest BCUT2D eigenvalue weighted by atomic mass is 32.3. The number of sulfonamides is 2. The summed E-state index contributed by atoms with van der Waals surface area (Å²) in [6.07, 6.45) is 1.43. The molecule has 0 saturated carbocycles. The van der Waals surface area contributed by atoms with Gasteiger partial charge in [0.2, 0.25) is 0 Å². The Morgan fingerprint density at radius 1 is 0.788 bits per heavy atom. The van der Waals surface area contributed by atoms with E-state index in [1.165, 1.54) is 18.3 Å². The normalized spacial score (nSPS) is 12.0. The summed E-state index contributed by atoms with van der Waals surface area (Å²) >= 11 is 0.